The summed E-state index contributed by atoms with van der Waals surface area (Å²) in [5, 5.41) is 2.70. The van der Waals surface area contributed by atoms with Gasteiger partial charge in [-0.25, -0.2) is 0 Å². The number of benzene rings is 2. The van der Waals surface area contributed by atoms with E-state index in [0.29, 0.717) is 30.3 Å². The van der Waals surface area contributed by atoms with Crippen molar-refractivity contribution in [2.45, 2.75) is 19.5 Å². The predicted octanol–water partition coefficient (Wildman–Crippen LogP) is 3.23. The third-order valence-corrected chi connectivity index (χ3v) is 5.45. The highest BCUT2D eigenvalue weighted by Gasteiger charge is 2.20. The van der Waals surface area contributed by atoms with Crippen molar-refractivity contribution >= 4 is 11.6 Å². The third kappa shape index (κ3) is 5.53. The number of rotatable bonds is 8. The minimum atomic E-state index is -0.358. The number of amides is 1. The topological polar surface area (TPSA) is 90.2 Å². The molecule has 0 radical (unpaired) electrons. The normalized spacial score (nSPS) is 13.2. The summed E-state index contributed by atoms with van der Waals surface area (Å²) in [6, 6.07) is 14.5. The molecule has 8 heteroatoms. The fourth-order valence-electron chi connectivity index (χ4n) is 3.79. The van der Waals surface area contributed by atoms with Gasteiger partial charge in [-0.2, -0.15) is 0 Å². The van der Waals surface area contributed by atoms with Gasteiger partial charge in [0.1, 0.15) is 12.0 Å². The molecule has 2 heterocycles. The zero-order valence-corrected chi connectivity index (χ0v) is 18.6. The van der Waals surface area contributed by atoms with Gasteiger partial charge in [0, 0.05) is 24.8 Å². The van der Waals surface area contributed by atoms with E-state index in [-0.39, 0.29) is 23.7 Å². The SMILES string of the molecule is COc1cc2c(cc1OC)CN(Cc1cc(=O)c(OCC(=O)Nc3ccccc3)co1)CC2. The lowest BCUT2D eigenvalue weighted by Crippen LogP contribution is -2.30. The molecule has 33 heavy (non-hydrogen) atoms. The molecular formula is C25H26N2O6. The molecule has 1 aliphatic rings. The molecule has 1 aromatic heterocycles. The maximum atomic E-state index is 12.4. The van der Waals surface area contributed by atoms with Crippen molar-refractivity contribution in [3.8, 4) is 17.2 Å². The summed E-state index contributed by atoms with van der Waals surface area (Å²) in [7, 11) is 3.25. The molecule has 0 atom stereocenters. The van der Waals surface area contributed by atoms with Gasteiger partial charge in [0.05, 0.1) is 20.8 Å². The molecule has 3 aromatic rings. The Kier molecular flexibility index (Phi) is 6.95. The van der Waals surface area contributed by atoms with Gasteiger partial charge in [-0.1, -0.05) is 18.2 Å². The average molecular weight is 450 g/mol. The second-order valence-corrected chi connectivity index (χ2v) is 7.71. The monoisotopic (exact) mass is 450 g/mol. The van der Waals surface area contributed by atoms with Crippen LogP contribution in [-0.2, 0) is 24.3 Å². The fourth-order valence-corrected chi connectivity index (χ4v) is 3.79. The van der Waals surface area contributed by atoms with E-state index in [9.17, 15) is 9.59 Å². The molecule has 4 rings (SSSR count). The smallest absolute Gasteiger partial charge is 0.262 e. The molecule has 0 unspecified atom stereocenters. The first kappa shape index (κ1) is 22.4. The first-order valence-electron chi connectivity index (χ1n) is 10.6. The van der Waals surface area contributed by atoms with Crippen LogP contribution in [0.5, 0.6) is 17.2 Å². The minimum Gasteiger partial charge on any atom is -0.493 e. The number of nitrogens with zero attached hydrogens (tertiary/aromatic N) is 1. The van der Waals surface area contributed by atoms with Gasteiger partial charge in [0.25, 0.3) is 5.91 Å². The lowest BCUT2D eigenvalue weighted by atomic mass is 9.98. The standard InChI is InChI=1S/C25H26N2O6/c1-30-22-10-17-8-9-27(13-18(17)11-23(22)31-2)14-20-12-21(28)24(15-32-20)33-16-25(29)26-19-6-4-3-5-7-19/h3-7,10-12,15H,8-9,13-14,16H2,1-2H3,(H,26,29). The Morgan fingerprint density at radius 2 is 1.76 bits per heavy atom. The van der Waals surface area contributed by atoms with E-state index in [1.165, 1.54) is 17.9 Å². The van der Waals surface area contributed by atoms with Crippen LogP contribution in [-0.4, -0.2) is 38.2 Å². The molecule has 0 fully saturated rings. The van der Waals surface area contributed by atoms with E-state index < -0.39 is 0 Å². The first-order chi connectivity index (χ1) is 16.1. The summed E-state index contributed by atoms with van der Waals surface area (Å²) >= 11 is 0. The summed E-state index contributed by atoms with van der Waals surface area (Å²) in [4.78, 5) is 26.7. The van der Waals surface area contributed by atoms with Crippen LogP contribution in [0.3, 0.4) is 0 Å². The third-order valence-electron chi connectivity index (χ3n) is 5.45. The van der Waals surface area contributed by atoms with Gasteiger partial charge in [-0.15, -0.1) is 0 Å². The van der Waals surface area contributed by atoms with Crippen LogP contribution < -0.4 is 25.0 Å². The van der Waals surface area contributed by atoms with Crippen molar-refractivity contribution in [1.29, 1.82) is 0 Å². The molecule has 0 saturated heterocycles. The molecule has 0 aliphatic carbocycles. The highest BCUT2D eigenvalue weighted by molar-refractivity contribution is 5.91. The number of ether oxygens (including phenoxy) is 3. The first-order valence-corrected chi connectivity index (χ1v) is 10.6. The van der Waals surface area contributed by atoms with Crippen LogP contribution in [0.15, 0.2) is 64.0 Å². The minimum absolute atomic E-state index is 0.00258. The number of carbonyl (C=O) groups excluding carboxylic acids is 1. The number of anilines is 1. The molecule has 0 spiro atoms. The van der Waals surface area contributed by atoms with E-state index >= 15 is 0 Å². The molecule has 1 N–H and O–H groups in total. The van der Waals surface area contributed by atoms with Crippen molar-refractivity contribution in [3.63, 3.8) is 0 Å². The average Bonchev–Trinajstić information content (AvgIpc) is 2.83. The van der Waals surface area contributed by atoms with E-state index in [2.05, 4.69) is 10.2 Å². The number of para-hydroxylation sites is 1. The van der Waals surface area contributed by atoms with E-state index in [0.717, 1.165) is 24.3 Å². The van der Waals surface area contributed by atoms with Gasteiger partial charge < -0.3 is 23.9 Å². The molecule has 2 aromatic carbocycles. The number of nitrogens with one attached hydrogen (secondary N) is 1. The number of carbonyl (C=O) groups is 1. The largest absolute Gasteiger partial charge is 0.493 e. The second-order valence-electron chi connectivity index (χ2n) is 7.71. The molecule has 172 valence electrons. The van der Waals surface area contributed by atoms with E-state index in [1.54, 1.807) is 26.4 Å². The zero-order chi connectivity index (χ0) is 23.2. The zero-order valence-electron chi connectivity index (χ0n) is 18.6. The Labute approximate surface area is 191 Å². The summed E-state index contributed by atoms with van der Waals surface area (Å²) in [6.45, 7) is 1.73. The van der Waals surface area contributed by atoms with Crippen molar-refractivity contribution in [2.75, 3.05) is 32.7 Å². The predicted molar refractivity (Wildman–Crippen MR) is 123 cm³/mol. The molecule has 1 aliphatic heterocycles. The second kappa shape index (κ2) is 10.2. The van der Waals surface area contributed by atoms with Gasteiger partial charge in [-0.3, -0.25) is 14.5 Å². The van der Waals surface area contributed by atoms with Crippen molar-refractivity contribution in [2.24, 2.45) is 0 Å². The Morgan fingerprint density at radius 1 is 1.03 bits per heavy atom. The number of fused-ring (bicyclic) bond motifs is 1. The van der Waals surface area contributed by atoms with Gasteiger partial charge in [0.15, 0.2) is 18.1 Å². The van der Waals surface area contributed by atoms with Crippen molar-refractivity contribution < 1.29 is 23.4 Å². The highest BCUT2D eigenvalue weighted by atomic mass is 16.5. The molecule has 0 bridgehead atoms. The van der Waals surface area contributed by atoms with E-state index in [1.807, 2.05) is 30.3 Å². The van der Waals surface area contributed by atoms with Crippen LogP contribution in [0.4, 0.5) is 5.69 Å². The van der Waals surface area contributed by atoms with Crippen molar-refractivity contribution in [3.05, 3.63) is 81.9 Å². The summed E-state index contributed by atoms with van der Waals surface area (Å²) < 4.78 is 21.8. The number of hydrogen-bond donors (Lipinski definition) is 1. The van der Waals surface area contributed by atoms with Crippen LogP contribution >= 0.6 is 0 Å². The Hall–Kier alpha value is -3.78. The fraction of sp³-hybridized carbons (Fsp3) is 0.280. The maximum Gasteiger partial charge on any atom is 0.262 e. The van der Waals surface area contributed by atoms with Gasteiger partial charge in [0.2, 0.25) is 11.2 Å². The van der Waals surface area contributed by atoms with Crippen LogP contribution in [0, 0.1) is 0 Å². The number of hydrogen-bond acceptors (Lipinski definition) is 7. The Bertz CT molecular complexity index is 1180. The summed E-state index contributed by atoms with van der Waals surface area (Å²) in [6.07, 6.45) is 2.12. The van der Waals surface area contributed by atoms with Gasteiger partial charge in [-0.05, 0) is 41.8 Å². The Morgan fingerprint density at radius 3 is 2.45 bits per heavy atom. The Balaban J connectivity index is 1.35. The van der Waals surface area contributed by atoms with Crippen molar-refractivity contribution in [1.82, 2.24) is 4.90 Å². The highest BCUT2D eigenvalue weighted by Crippen LogP contribution is 2.33. The van der Waals surface area contributed by atoms with Crippen LogP contribution in [0.2, 0.25) is 0 Å². The quantitative estimate of drug-likeness (QED) is 0.564. The maximum absolute atomic E-state index is 12.4. The van der Waals surface area contributed by atoms with Crippen LogP contribution in [0.25, 0.3) is 0 Å². The van der Waals surface area contributed by atoms with Crippen LogP contribution in [0.1, 0.15) is 16.9 Å². The lowest BCUT2D eigenvalue weighted by molar-refractivity contribution is -0.118. The molecule has 1 amide bonds. The summed E-state index contributed by atoms with van der Waals surface area (Å²) in [5.41, 5.74) is 2.72. The van der Waals surface area contributed by atoms with Gasteiger partial charge >= 0.3 is 0 Å². The lowest BCUT2D eigenvalue weighted by Gasteiger charge is -2.29. The molecular weight excluding hydrogens is 424 g/mol. The molecule has 8 nitrogen and oxygen atoms in total. The molecule has 0 saturated carbocycles. The summed E-state index contributed by atoms with van der Waals surface area (Å²) in [5.74, 6) is 1.60. The number of methoxy groups -OCH3 is 2. The van der Waals surface area contributed by atoms with E-state index in [4.69, 9.17) is 18.6 Å².